The highest BCUT2D eigenvalue weighted by Gasteiger charge is 2.37. The molecule has 1 fully saturated rings. The second-order valence-electron chi connectivity index (χ2n) is 3.84. The molecule has 0 unspecified atom stereocenters. The molecule has 0 aromatic carbocycles. The van der Waals surface area contributed by atoms with E-state index in [2.05, 4.69) is 0 Å². The molecule has 1 rings (SSSR count). The Hall–Kier alpha value is -0.860. The highest BCUT2D eigenvalue weighted by Crippen LogP contribution is 2.37. The molecule has 0 aromatic rings. The molecule has 12 heavy (non-hydrogen) atoms. The van der Waals surface area contributed by atoms with Gasteiger partial charge < -0.3 is 9.90 Å². The van der Waals surface area contributed by atoms with Crippen LogP contribution < -0.4 is 0 Å². The second-order valence-corrected chi connectivity index (χ2v) is 3.84. The lowest BCUT2D eigenvalue weighted by Crippen LogP contribution is -2.32. The first kappa shape index (κ1) is 9.23. The molecule has 1 aliphatic carbocycles. The zero-order chi connectivity index (χ0) is 9.19. The lowest BCUT2D eigenvalue weighted by molar-refractivity contribution is -0.150. The van der Waals surface area contributed by atoms with Crippen LogP contribution in [0.4, 0.5) is 0 Å². The van der Waals surface area contributed by atoms with Gasteiger partial charge in [-0.3, -0.25) is 4.79 Å². The fourth-order valence-electron chi connectivity index (χ4n) is 1.63. The Bertz CT molecular complexity index is 190. The van der Waals surface area contributed by atoms with Crippen molar-refractivity contribution in [2.75, 3.05) is 0 Å². The van der Waals surface area contributed by atoms with Crippen molar-refractivity contribution in [1.29, 1.82) is 0 Å². The predicted molar refractivity (Wildman–Crippen MR) is 43.8 cm³/mol. The Labute approximate surface area is 71.8 Å². The number of carboxylic acid groups (broad SMARTS) is 1. The average Bonchev–Trinajstić information content (AvgIpc) is 2.06. The molecular weight excluding hydrogens is 156 g/mol. The first-order valence-electron chi connectivity index (χ1n) is 4.27. The van der Waals surface area contributed by atoms with Gasteiger partial charge in [0.1, 0.15) is 6.29 Å². The molecule has 0 amide bonds. The van der Waals surface area contributed by atoms with Gasteiger partial charge in [-0.15, -0.1) is 0 Å². The average molecular weight is 170 g/mol. The van der Waals surface area contributed by atoms with Gasteiger partial charge in [-0.2, -0.15) is 0 Å². The van der Waals surface area contributed by atoms with Gasteiger partial charge in [-0.1, -0.05) is 0 Å². The molecule has 68 valence electrons. The summed E-state index contributed by atoms with van der Waals surface area (Å²) < 4.78 is 0. The SMILES string of the molecule is CC1(C(=O)O)CCC(C=O)CC1. The van der Waals surface area contributed by atoms with Crippen LogP contribution in [0.3, 0.4) is 0 Å². The largest absolute Gasteiger partial charge is 0.481 e. The van der Waals surface area contributed by atoms with Crippen LogP contribution in [0.5, 0.6) is 0 Å². The number of hydrogen-bond donors (Lipinski definition) is 1. The monoisotopic (exact) mass is 170 g/mol. The molecule has 0 aromatic heterocycles. The van der Waals surface area contributed by atoms with Crippen LogP contribution in [0.1, 0.15) is 32.6 Å². The number of aliphatic carboxylic acids is 1. The van der Waals surface area contributed by atoms with E-state index in [9.17, 15) is 9.59 Å². The van der Waals surface area contributed by atoms with Crippen LogP contribution in [0.25, 0.3) is 0 Å². The fraction of sp³-hybridized carbons (Fsp3) is 0.778. The van der Waals surface area contributed by atoms with Gasteiger partial charge in [0, 0.05) is 5.92 Å². The van der Waals surface area contributed by atoms with Crippen molar-refractivity contribution in [2.45, 2.75) is 32.6 Å². The summed E-state index contributed by atoms with van der Waals surface area (Å²) in [4.78, 5) is 21.2. The van der Waals surface area contributed by atoms with E-state index in [-0.39, 0.29) is 5.92 Å². The van der Waals surface area contributed by atoms with Crippen molar-refractivity contribution in [1.82, 2.24) is 0 Å². The molecule has 0 spiro atoms. The van der Waals surface area contributed by atoms with E-state index in [1.165, 1.54) is 0 Å². The molecule has 0 bridgehead atoms. The topological polar surface area (TPSA) is 54.4 Å². The molecule has 0 saturated heterocycles. The van der Waals surface area contributed by atoms with Crippen LogP contribution >= 0.6 is 0 Å². The highest BCUT2D eigenvalue weighted by atomic mass is 16.4. The Kier molecular flexibility index (Phi) is 2.50. The number of rotatable bonds is 2. The molecule has 1 aliphatic rings. The molecular formula is C9H14O3. The van der Waals surface area contributed by atoms with E-state index in [0.717, 1.165) is 19.1 Å². The Morgan fingerprint density at radius 2 is 2.00 bits per heavy atom. The molecule has 0 heterocycles. The molecule has 0 radical (unpaired) electrons. The zero-order valence-corrected chi connectivity index (χ0v) is 7.25. The minimum atomic E-state index is -0.730. The fourth-order valence-corrected chi connectivity index (χ4v) is 1.63. The van der Waals surface area contributed by atoms with Crippen molar-refractivity contribution in [3.63, 3.8) is 0 Å². The minimum absolute atomic E-state index is 0.0948. The maximum Gasteiger partial charge on any atom is 0.309 e. The number of aldehydes is 1. The number of carbonyl (C=O) groups excluding carboxylic acids is 1. The maximum absolute atomic E-state index is 10.8. The third-order valence-electron chi connectivity index (χ3n) is 2.84. The normalized spacial score (nSPS) is 35.9. The number of carboxylic acids is 1. The van der Waals surface area contributed by atoms with Crippen LogP contribution in [-0.4, -0.2) is 17.4 Å². The van der Waals surface area contributed by atoms with Gasteiger partial charge in [0.15, 0.2) is 0 Å². The van der Waals surface area contributed by atoms with Crippen LogP contribution in [0.15, 0.2) is 0 Å². The molecule has 0 atom stereocenters. The van der Waals surface area contributed by atoms with Crippen molar-refractivity contribution in [3.05, 3.63) is 0 Å². The highest BCUT2D eigenvalue weighted by molar-refractivity contribution is 5.74. The van der Waals surface area contributed by atoms with E-state index in [4.69, 9.17) is 5.11 Å². The number of carbonyl (C=O) groups is 2. The summed E-state index contributed by atoms with van der Waals surface area (Å²) in [6.07, 6.45) is 3.66. The number of hydrogen-bond acceptors (Lipinski definition) is 2. The van der Waals surface area contributed by atoms with E-state index >= 15 is 0 Å². The molecule has 3 nitrogen and oxygen atoms in total. The summed E-state index contributed by atoms with van der Waals surface area (Å²) in [5.41, 5.74) is -0.584. The third kappa shape index (κ3) is 1.65. The summed E-state index contributed by atoms with van der Waals surface area (Å²) in [7, 11) is 0. The van der Waals surface area contributed by atoms with Crippen molar-refractivity contribution < 1.29 is 14.7 Å². The van der Waals surface area contributed by atoms with Crippen molar-refractivity contribution in [3.8, 4) is 0 Å². The smallest absolute Gasteiger partial charge is 0.309 e. The lowest BCUT2D eigenvalue weighted by atomic mass is 9.72. The zero-order valence-electron chi connectivity index (χ0n) is 7.25. The second kappa shape index (κ2) is 3.25. The molecule has 1 saturated carbocycles. The van der Waals surface area contributed by atoms with Gasteiger partial charge in [0.05, 0.1) is 5.41 Å². The first-order valence-corrected chi connectivity index (χ1v) is 4.27. The van der Waals surface area contributed by atoms with Crippen LogP contribution in [0.2, 0.25) is 0 Å². The lowest BCUT2D eigenvalue weighted by Gasteiger charge is -2.31. The van der Waals surface area contributed by atoms with E-state index in [1.54, 1.807) is 6.92 Å². The molecule has 1 N–H and O–H groups in total. The quantitative estimate of drug-likeness (QED) is 0.638. The van der Waals surface area contributed by atoms with Gasteiger partial charge >= 0.3 is 5.97 Å². The maximum atomic E-state index is 10.8. The van der Waals surface area contributed by atoms with E-state index < -0.39 is 11.4 Å². The van der Waals surface area contributed by atoms with Crippen molar-refractivity contribution in [2.24, 2.45) is 11.3 Å². The first-order chi connectivity index (χ1) is 5.58. The Morgan fingerprint density at radius 1 is 1.50 bits per heavy atom. The summed E-state index contributed by atoms with van der Waals surface area (Å²) in [6, 6.07) is 0. The van der Waals surface area contributed by atoms with Crippen molar-refractivity contribution >= 4 is 12.3 Å². The molecule has 3 heteroatoms. The van der Waals surface area contributed by atoms with Gasteiger partial charge in [0.25, 0.3) is 0 Å². The standard InChI is InChI=1S/C9H14O3/c1-9(8(11)12)4-2-7(6-10)3-5-9/h6-7H,2-5H2,1H3,(H,11,12). The van der Waals surface area contributed by atoms with E-state index in [0.29, 0.717) is 12.8 Å². The Balaban J connectivity index is 2.55. The van der Waals surface area contributed by atoms with Gasteiger partial charge in [0.2, 0.25) is 0 Å². The molecule has 0 aliphatic heterocycles. The summed E-state index contributed by atoms with van der Waals surface area (Å²) in [5.74, 6) is -0.635. The predicted octanol–water partition coefficient (Wildman–Crippen LogP) is 1.47. The van der Waals surface area contributed by atoms with Gasteiger partial charge in [-0.25, -0.2) is 0 Å². The summed E-state index contributed by atoms with van der Waals surface area (Å²) >= 11 is 0. The van der Waals surface area contributed by atoms with E-state index in [1.807, 2.05) is 0 Å². The van der Waals surface area contributed by atoms with Crippen LogP contribution in [-0.2, 0) is 9.59 Å². The Morgan fingerprint density at radius 3 is 2.33 bits per heavy atom. The van der Waals surface area contributed by atoms with Gasteiger partial charge in [-0.05, 0) is 32.6 Å². The third-order valence-corrected chi connectivity index (χ3v) is 2.84. The minimum Gasteiger partial charge on any atom is -0.481 e. The summed E-state index contributed by atoms with van der Waals surface area (Å²) in [6.45, 7) is 1.76. The van der Waals surface area contributed by atoms with Crippen LogP contribution in [0, 0.1) is 11.3 Å². The summed E-state index contributed by atoms with van der Waals surface area (Å²) in [5, 5.41) is 8.87.